The Morgan fingerprint density at radius 3 is 2.52 bits per heavy atom. The van der Waals surface area contributed by atoms with Gasteiger partial charge in [-0.05, 0) is 48.9 Å². The minimum Gasteiger partial charge on any atom is -0.465 e. The lowest BCUT2D eigenvalue weighted by Crippen LogP contribution is -2.07. The molecular formula is C20H15FO4. The number of benzene rings is 2. The van der Waals surface area contributed by atoms with E-state index in [0.717, 1.165) is 5.56 Å². The van der Waals surface area contributed by atoms with E-state index >= 15 is 0 Å². The van der Waals surface area contributed by atoms with Gasteiger partial charge < -0.3 is 9.15 Å². The van der Waals surface area contributed by atoms with Crippen LogP contribution >= 0.6 is 0 Å². The molecule has 1 aromatic heterocycles. The van der Waals surface area contributed by atoms with Gasteiger partial charge in [0.15, 0.2) is 5.43 Å². The van der Waals surface area contributed by atoms with Gasteiger partial charge in [0.25, 0.3) is 0 Å². The molecule has 0 amide bonds. The maximum atomic E-state index is 13.3. The first-order chi connectivity index (χ1) is 12.0. The second-order valence-electron chi connectivity index (χ2n) is 5.51. The van der Waals surface area contributed by atoms with E-state index in [9.17, 15) is 14.0 Å². The van der Waals surface area contributed by atoms with E-state index in [1.807, 2.05) is 0 Å². The van der Waals surface area contributed by atoms with Crippen LogP contribution in [0.1, 0.15) is 27.2 Å². The van der Waals surface area contributed by atoms with Crippen molar-refractivity contribution in [2.24, 2.45) is 0 Å². The summed E-state index contributed by atoms with van der Waals surface area (Å²) in [5.41, 5.74) is 1.75. The summed E-state index contributed by atoms with van der Waals surface area (Å²) in [5.74, 6) is -0.478. The average Bonchev–Trinajstić information content (AvgIpc) is 2.64. The highest BCUT2D eigenvalue weighted by Crippen LogP contribution is 2.19. The fourth-order valence-corrected chi connectivity index (χ4v) is 2.46. The predicted molar refractivity (Wildman–Crippen MR) is 93.9 cm³/mol. The van der Waals surface area contributed by atoms with Gasteiger partial charge in [-0.25, -0.2) is 9.18 Å². The summed E-state index contributed by atoms with van der Waals surface area (Å²) in [6.45, 7) is 1.64. The zero-order chi connectivity index (χ0) is 18.0. The van der Waals surface area contributed by atoms with Crippen molar-refractivity contribution in [1.29, 1.82) is 0 Å². The minimum absolute atomic E-state index is 0.220. The van der Waals surface area contributed by atoms with Gasteiger partial charge in [0.1, 0.15) is 17.2 Å². The summed E-state index contributed by atoms with van der Waals surface area (Å²) in [6.07, 6.45) is 3.44. The van der Waals surface area contributed by atoms with E-state index in [2.05, 4.69) is 4.74 Å². The molecule has 0 spiro atoms. The van der Waals surface area contributed by atoms with Crippen LogP contribution in [-0.2, 0) is 4.74 Å². The predicted octanol–water partition coefficient (Wildman–Crippen LogP) is 4.20. The third kappa shape index (κ3) is 3.35. The molecular weight excluding hydrogens is 323 g/mol. The van der Waals surface area contributed by atoms with Crippen LogP contribution in [0.2, 0.25) is 0 Å². The lowest BCUT2D eigenvalue weighted by Gasteiger charge is -2.03. The van der Waals surface area contributed by atoms with E-state index < -0.39 is 11.8 Å². The summed E-state index contributed by atoms with van der Waals surface area (Å²) >= 11 is 0. The summed E-state index contributed by atoms with van der Waals surface area (Å²) in [7, 11) is 1.33. The van der Waals surface area contributed by atoms with Crippen LogP contribution in [0.25, 0.3) is 23.1 Å². The second-order valence-corrected chi connectivity index (χ2v) is 5.51. The lowest BCUT2D eigenvalue weighted by molar-refractivity contribution is 0.0600. The fourth-order valence-electron chi connectivity index (χ4n) is 2.46. The molecule has 0 aliphatic heterocycles. The monoisotopic (exact) mass is 338 g/mol. The first-order valence-corrected chi connectivity index (χ1v) is 7.59. The highest BCUT2D eigenvalue weighted by atomic mass is 19.1. The second kappa shape index (κ2) is 6.73. The Hall–Kier alpha value is -3.21. The van der Waals surface area contributed by atoms with Gasteiger partial charge in [0.2, 0.25) is 0 Å². The molecule has 0 radical (unpaired) electrons. The van der Waals surface area contributed by atoms with Gasteiger partial charge in [-0.1, -0.05) is 18.2 Å². The molecule has 2 aromatic carbocycles. The van der Waals surface area contributed by atoms with Crippen LogP contribution in [0.15, 0.2) is 51.7 Å². The number of hydrogen-bond acceptors (Lipinski definition) is 4. The molecule has 0 saturated carbocycles. The first kappa shape index (κ1) is 16.6. The van der Waals surface area contributed by atoms with Crippen molar-refractivity contribution in [2.75, 3.05) is 7.11 Å². The largest absolute Gasteiger partial charge is 0.465 e. The number of carbonyl (C=O) groups is 1. The molecule has 0 aliphatic carbocycles. The average molecular weight is 338 g/mol. The van der Waals surface area contributed by atoms with E-state index in [-0.39, 0.29) is 10.8 Å². The molecule has 126 valence electrons. The number of hydrogen-bond donors (Lipinski definition) is 0. The van der Waals surface area contributed by atoms with E-state index in [0.29, 0.717) is 22.5 Å². The Morgan fingerprint density at radius 1 is 1.12 bits per heavy atom. The SMILES string of the molecule is COC(=O)c1ccc(/C=C/c2oc3ccc(F)cc3c(=O)c2C)cc1. The van der Waals surface area contributed by atoms with E-state index in [1.165, 1.54) is 25.3 Å². The molecule has 3 rings (SSSR count). The first-order valence-electron chi connectivity index (χ1n) is 7.59. The van der Waals surface area contributed by atoms with Crippen molar-refractivity contribution in [2.45, 2.75) is 6.92 Å². The van der Waals surface area contributed by atoms with Crippen LogP contribution < -0.4 is 5.43 Å². The van der Waals surface area contributed by atoms with Crippen molar-refractivity contribution < 1.29 is 18.3 Å². The number of halogens is 1. The lowest BCUT2D eigenvalue weighted by atomic mass is 10.1. The molecule has 0 saturated heterocycles. The van der Waals surface area contributed by atoms with Crippen molar-refractivity contribution >= 4 is 29.1 Å². The molecule has 0 fully saturated rings. The third-order valence-electron chi connectivity index (χ3n) is 3.88. The molecule has 4 nitrogen and oxygen atoms in total. The van der Waals surface area contributed by atoms with Gasteiger partial charge in [-0.15, -0.1) is 0 Å². The topological polar surface area (TPSA) is 56.5 Å². The number of carbonyl (C=O) groups excluding carboxylic acids is 1. The smallest absolute Gasteiger partial charge is 0.337 e. The number of rotatable bonds is 3. The molecule has 5 heteroatoms. The van der Waals surface area contributed by atoms with Crippen molar-refractivity contribution in [3.63, 3.8) is 0 Å². The minimum atomic E-state index is -0.479. The molecule has 0 N–H and O–H groups in total. The summed E-state index contributed by atoms with van der Waals surface area (Å²) in [4.78, 5) is 23.8. The Balaban J connectivity index is 1.96. The zero-order valence-corrected chi connectivity index (χ0v) is 13.7. The quantitative estimate of drug-likeness (QED) is 0.672. The van der Waals surface area contributed by atoms with Crippen molar-refractivity contribution in [3.05, 3.63) is 81.0 Å². The van der Waals surface area contributed by atoms with Crippen molar-refractivity contribution in [1.82, 2.24) is 0 Å². The van der Waals surface area contributed by atoms with Crippen LogP contribution in [0, 0.1) is 12.7 Å². The molecule has 0 aliphatic rings. The molecule has 0 atom stereocenters. The van der Waals surface area contributed by atoms with E-state index in [4.69, 9.17) is 4.42 Å². The zero-order valence-electron chi connectivity index (χ0n) is 13.7. The summed E-state index contributed by atoms with van der Waals surface area (Å²) < 4.78 is 23.7. The maximum Gasteiger partial charge on any atom is 0.337 e. The number of ether oxygens (including phenoxy) is 1. The highest BCUT2D eigenvalue weighted by Gasteiger charge is 2.10. The third-order valence-corrected chi connectivity index (χ3v) is 3.88. The van der Waals surface area contributed by atoms with Crippen LogP contribution in [0.5, 0.6) is 0 Å². The highest BCUT2D eigenvalue weighted by molar-refractivity contribution is 5.89. The van der Waals surface area contributed by atoms with Gasteiger partial charge in [-0.3, -0.25) is 4.79 Å². The molecule has 25 heavy (non-hydrogen) atoms. The standard InChI is InChI=1S/C20H15FO4/c1-12-17(25-18-10-8-15(21)11-16(18)19(12)22)9-5-13-3-6-14(7-4-13)20(23)24-2/h3-11H,1-2H3/b9-5+. The summed E-state index contributed by atoms with van der Waals surface area (Å²) in [5, 5.41) is 0.220. The summed E-state index contributed by atoms with van der Waals surface area (Å²) in [6, 6.07) is 10.7. The van der Waals surface area contributed by atoms with Gasteiger partial charge >= 0.3 is 5.97 Å². The number of fused-ring (bicyclic) bond motifs is 1. The fraction of sp³-hybridized carbons (Fsp3) is 0.100. The Labute approximate surface area is 143 Å². The Kier molecular flexibility index (Phi) is 4.48. The Bertz CT molecular complexity index is 1030. The van der Waals surface area contributed by atoms with Crippen LogP contribution in [0.3, 0.4) is 0 Å². The number of esters is 1. The van der Waals surface area contributed by atoms with Gasteiger partial charge in [0.05, 0.1) is 18.1 Å². The van der Waals surface area contributed by atoms with Crippen LogP contribution in [0.4, 0.5) is 4.39 Å². The maximum absolute atomic E-state index is 13.3. The Morgan fingerprint density at radius 2 is 1.84 bits per heavy atom. The number of methoxy groups -OCH3 is 1. The molecule has 0 unspecified atom stereocenters. The molecule has 1 heterocycles. The van der Waals surface area contributed by atoms with Crippen molar-refractivity contribution in [3.8, 4) is 0 Å². The molecule has 3 aromatic rings. The molecule has 0 bridgehead atoms. The normalized spacial score (nSPS) is 11.2. The van der Waals surface area contributed by atoms with Gasteiger partial charge in [0, 0.05) is 5.56 Å². The van der Waals surface area contributed by atoms with E-state index in [1.54, 1.807) is 43.3 Å². The van der Waals surface area contributed by atoms with Crippen LogP contribution in [-0.4, -0.2) is 13.1 Å². The van der Waals surface area contributed by atoms with Gasteiger partial charge in [-0.2, -0.15) is 0 Å².